The molecule has 0 amide bonds. The number of allylic oxidation sites excluding steroid dienone is 5. The summed E-state index contributed by atoms with van der Waals surface area (Å²) >= 11 is 0. The van der Waals surface area contributed by atoms with E-state index in [2.05, 4.69) is 23.7 Å². The van der Waals surface area contributed by atoms with E-state index in [0.29, 0.717) is 0 Å². The van der Waals surface area contributed by atoms with E-state index in [1.165, 1.54) is 0 Å². The van der Waals surface area contributed by atoms with Crippen molar-refractivity contribution in [2.24, 2.45) is 0 Å². The second-order valence-corrected chi connectivity index (χ2v) is 3.70. The summed E-state index contributed by atoms with van der Waals surface area (Å²) in [6.07, 6.45) is 13.3. The minimum Gasteiger partial charge on any atom is -0.356 e. The lowest BCUT2D eigenvalue weighted by Crippen LogP contribution is -2.10. The summed E-state index contributed by atoms with van der Waals surface area (Å²) < 4.78 is 10.7. The topological polar surface area (TPSA) is 18.5 Å². The van der Waals surface area contributed by atoms with Crippen molar-refractivity contribution in [2.75, 3.05) is 7.11 Å². The number of rotatable bonds is 3. The molecule has 0 radical (unpaired) electrons. The first-order valence-electron chi connectivity index (χ1n) is 6.00. The van der Waals surface area contributed by atoms with E-state index in [0.717, 1.165) is 12.8 Å². The maximum absolute atomic E-state index is 5.57. The van der Waals surface area contributed by atoms with Crippen molar-refractivity contribution in [1.29, 1.82) is 0 Å². The van der Waals surface area contributed by atoms with Gasteiger partial charge >= 0.3 is 0 Å². The molecule has 1 saturated heterocycles. The summed E-state index contributed by atoms with van der Waals surface area (Å²) in [5.74, 6) is 11.1. The minimum absolute atomic E-state index is 0.0506. The fourth-order valence-electron chi connectivity index (χ4n) is 1.48. The van der Waals surface area contributed by atoms with Gasteiger partial charge in [-0.2, -0.15) is 0 Å². The maximum Gasteiger partial charge on any atom is 0.158 e. The molecule has 2 atom stereocenters. The number of hydrogen-bond acceptors (Lipinski definition) is 2. The van der Waals surface area contributed by atoms with Crippen LogP contribution >= 0.6 is 0 Å². The Bertz CT molecular complexity index is 435. The fraction of sp³-hybridized carbons (Fsp3) is 0.375. The van der Waals surface area contributed by atoms with Crippen molar-refractivity contribution >= 4 is 0 Å². The van der Waals surface area contributed by atoms with E-state index in [1.54, 1.807) is 19.3 Å². The van der Waals surface area contributed by atoms with Crippen LogP contribution in [0.2, 0.25) is 0 Å². The van der Waals surface area contributed by atoms with Crippen molar-refractivity contribution in [2.45, 2.75) is 32.2 Å². The third kappa shape index (κ3) is 6.11. The van der Waals surface area contributed by atoms with Crippen LogP contribution in [-0.2, 0) is 9.47 Å². The summed E-state index contributed by atoms with van der Waals surface area (Å²) in [6.45, 7) is 1.92. The largest absolute Gasteiger partial charge is 0.356 e. The second kappa shape index (κ2) is 9.31. The average molecular weight is 242 g/mol. The first kappa shape index (κ1) is 14.3. The van der Waals surface area contributed by atoms with Gasteiger partial charge in [0.05, 0.1) is 6.10 Å². The monoisotopic (exact) mass is 242 g/mol. The summed E-state index contributed by atoms with van der Waals surface area (Å²) in [7, 11) is 1.67. The highest BCUT2D eigenvalue weighted by Gasteiger charge is 2.22. The molecule has 0 spiro atoms. The lowest BCUT2D eigenvalue weighted by Gasteiger charge is -2.07. The van der Waals surface area contributed by atoms with Crippen molar-refractivity contribution in [3.05, 3.63) is 36.5 Å². The molecule has 1 fully saturated rings. The molecule has 1 aliphatic rings. The predicted molar refractivity (Wildman–Crippen MR) is 73.6 cm³/mol. The van der Waals surface area contributed by atoms with Crippen molar-refractivity contribution in [3.8, 4) is 23.7 Å². The zero-order valence-corrected chi connectivity index (χ0v) is 10.8. The predicted octanol–water partition coefficient (Wildman–Crippen LogP) is 2.83. The fourth-order valence-corrected chi connectivity index (χ4v) is 1.48. The van der Waals surface area contributed by atoms with E-state index in [-0.39, 0.29) is 12.4 Å². The van der Waals surface area contributed by atoms with Crippen LogP contribution in [0.15, 0.2) is 36.5 Å². The van der Waals surface area contributed by atoms with Crippen LogP contribution in [0, 0.1) is 23.7 Å². The molecule has 94 valence electrons. The number of methoxy groups -OCH3 is 1. The van der Waals surface area contributed by atoms with Crippen molar-refractivity contribution < 1.29 is 9.47 Å². The second-order valence-electron chi connectivity index (χ2n) is 3.70. The Hall–Kier alpha value is -1.74. The molecule has 0 aromatic rings. The van der Waals surface area contributed by atoms with E-state index < -0.39 is 0 Å². The molecule has 0 unspecified atom stereocenters. The highest BCUT2D eigenvalue weighted by Crippen LogP contribution is 2.20. The van der Waals surface area contributed by atoms with Crippen LogP contribution in [0.4, 0.5) is 0 Å². The average Bonchev–Trinajstić information content (AvgIpc) is 2.85. The molecule has 1 aliphatic heterocycles. The Kier molecular flexibility index (Phi) is 7.40. The molecule has 2 nitrogen and oxygen atoms in total. The van der Waals surface area contributed by atoms with Crippen LogP contribution in [0.5, 0.6) is 0 Å². The van der Waals surface area contributed by atoms with Gasteiger partial charge in [-0.1, -0.05) is 36.1 Å². The first-order valence-corrected chi connectivity index (χ1v) is 6.00. The Morgan fingerprint density at radius 1 is 1.11 bits per heavy atom. The first-order chi connectivity index (χ1) is 8.86. The molecule has 0 bridgehead atoms. The summed E-state index contributed by atoms with van der Waals surface area (Å²) in [5, 5.41) is 0. The third-order valence-corrected chi connectivity index (χ3v) is 2.35. The van der Waals surface area contributed by atoms with Gasteiger partial charge in [-0.05, 0) is 37.3 Å². The molecule has 0 N–H and O–H groups in total. The SMILES string of the molecule is C/C=C\C#CC#C/C=C/C=C/[C@H]1CC[C@H](OC)O1. The molecule has 0 saturated carbocycles. The van der Waals surface area contributed by atoms with Gasteiger partial charge in [0.1, 0.15) is 0 Å². The van der Waals surface area contributed by atoms with Gasteiger partial charge in [0.2, 0.25) is 0 Å². The highest BCUT2D eigenvalue weighted by atomic mass is 16.7. The van der Waals surface area contributed by atoms with E-state index in [9.17, 15) is 0 Å². The standard InChI is InChI=1S/C16H18O2/c1-3-4-5-6-7-8-9-10-11-12-15-13-14-16(17-2)18-15/h3-4,9-12,15-16H,13-14H2,1-2H3/b4-3-,10-9+,12-11+/t15-,16+/m0/s1. The maximum atomic E-state index is 5.57. The van der Waals surface area contributed by atoms with Gasteiger partial charge in [-0.25, -0.2) is 0 Å². The van der Waals surface area contributed by atoms with Gasteiger partial charge in [0, 0.05) is 13.5 Å². The van der Waals surface area contributed by atoms with Crippen LogP contribution in [0.3, 0.4) is 0 Å². The number of hydrogen-bond donors (Lipinski definition) is 0. The minimum atomic E-state index is -0.0506. The molecule has 0 aromatic heterocycles. The zero-order chi connectivity index (χ0) is 13.1. The molecule has 0 aromatic carbocycles. The molecule has 1 heterocycles. The van der Waals surface area contributed by atoms with Gasteiger partial charge < -0.3 is 9.47 Å². The quantitative estimate of drug-likeness (QED) is 0.559. The lowest BCUT2D eigenvalue weighted by atomic mass is 10.2. The van der Waals surface area contributed by atoms with Crippen LogP contribution in [0.1, 0.15) is 19.8 Å². The Balaban J connectivity index is 2.26. The molecular weight excluding hydrogens is 224 g/mol. The molecule has 1 rings (SSSR count). The van der Waals surface area contributed by atoms with Crippen molar-refractivity contribution in [1.82, 2.24) is 0 Å². The van der Waals surface area contributed by atoms with E-state index in [1.807, 2.05) is 31.2 Å². The van der Waals surface area contributed by atoms with Gasteiger partial charge in [-0.3, -0.25) is 0 Å². The summed E-state index contributed by atoms with van der Waals surface area (Å²) in [5.41, 5.74) is 0. The smallest absolute Gasteiger partial charge is 0.158 e. The molecular formula is C16H18O2. The van der Waals surface area contributed by atoms with Crippen LogP contribution in [-0.4, -0.2) is 19.5 Å². The van der Waals surface area contributed by atoms with Crippen molar-refractivity contribution in [3.63, 3.8) is 0 Å². The van der Waals surface area contributed by atoms with E-state index in [4.69, 9.17) is 9.47 Å². The van der Waals surface area contributed by atoms with Gasteiger partial charge in [0.15, 0.2) is 6.29 Å². The van der Waals surface area contributed by atoms with Gasteiger partial charge in [0.25, 0.3) is 0 Å². The summed E-state index contributed by atoms with van der Waals surface area (Å²) in [6, 6.07) is 0. The zero-order valence-electron chi connectivity index (χ0n) is 10.8. The Morgan fingerprint density at radius 3 is 2.56 bits per heavy atom. The normalized spacial score (nSPS) is 23.2. The lowest BCUT2D eigenvalue weighted by molar-refractivity contribution is -0.104. The molecule has 18 heavy (non-hydrogen) atoms. The summed E-state index contributed by atoms with van der Waals surface area (Å²) in [4.78, 5) is 0. The Labute approximate surface area is 109 Å². The third-order valence-electron chi connectivity index (χ3n) is 2.35. The highest BCUT2D eigenvalue weighted by molar-refractivity contribution is 5.34. The van der Waals surface area contributed by atoms with E-state index >= 15 is 0 Å². The molecule has 0 aliphatic carbocycles. The number of ether oxygens (including phenoxy) is 2. The molecule has 2 heteroatoms. The Morgan fingerprint density at radius 2 is 1.89 bits per heavy atom. The van der Waals surface area contributed by atoms with Crippen LogP contribution < -0.4 is 0 Å². The van der Waals surface area contributed by atoms with Crippen LogP contribution in [0.25, 0.3) is 0 Å². The van der Waals surface area contributed by atoms with Gasteiger partial charge in [-0.15, -0.1) is 0 Å².